The Balaban J connectivity index is 1.70. The van der Waals surface area contributed by atoms with Crippen molar-refractivity contribution in [1.82, 2.24) is 15.0 Å². The van der Waals surface area contributed by atoms with Crippen LogP contribution in [0.4, 0.5) is 5.69 Å². The van der Waals surface area contributed by atoms with E-state index in [9.17, 15) is 4.79 Å². The number of carbonyl (C=O) groups is 1. The first-order chi connectivity index (χ1) is 13.1. The molecular weight excluding hydrogens is 382 g/mol. The van der Waals surface area contributed by atoms with E-state index in [0.717, 1.165) is 11.4 Å². The second kappa shape index (κ2) is 7.54. The zero-order chi connectivity index (χ0) is 18.8. The molecule has 1 atom stereocenters. The molecule has 8 heteroatoms. The van der Waals surface area contributed by atoms with Crippen LogP contribution in [0.5, 0.6) is 0 Å². The van der Waals surface area contributed by atoms with E-state index in [1.54, 1.807) is 40.9 Å². The van der Waals surface area contributed by atoms with Crippen LogP contribution in [0.2, 0.25) is 5.02 Å². The van der Waals surface area contributed by atoms with Crippen molar-refractivity contribution in [2.24, 2.45) is 4.99 Å². The van der Waals surface area contributed by atoms with Crippen LogP contribution in [-0.2, 0) is 0 Å². The summed E-state index contributed by atoms with van der Waals surface area (Å²) in [6.45, 7) is 2.02. The summed E-state index contributed by atoms with van der Waals surface area (Å²) in [7, 11) is 0. The van der Waals surface area contributed by atoms with Crippen LogP contribution in [0.15, 0.2) is 65.8 Å². The number of benzene rings is 2. The zero-order valence-electron chi connectivity index (χ0n) is 14.5. The standard InChI is InChI=1S/C19H16ClN5OS/c1-13-12-27-19(22-13)24(15-9-7-14(20)8-10-15)18(26)17-11-21-25(23-17)16-5-3-2-4-6-16/h2-11,13H,12H2,1H3/t13-/m1/s1. The maximum atomic E-state index is 13.3. The van der Waals surface area contributed by atoms with Crippen molar-refractivity contribution in [3.8, 4) is 5.69 Å². The fourth-order valence-corrected chi connectivity index (χ4v) is 3.81. The lowest BCUT2D eigenvalue weighted by molar-refractivity contribution is 0.0998. The van der Waals surface area contributed by atoms with E-state index in [1.807, 2.05) is 37.3 Å². The van der Waals surface area contributed by atoms with Crippen LogP contribution in [0.1, 0.15) is 17.4 Å². The van der Waals surface area contributed by atoms with Gasteiger partial charge < -0.3 is 0 Å². The largest absolute Gasteiger partial charge is 0.286 e. The summed E-state index contributed by atoms with van der Waals surface area (Å²) >= 11 is 7.55. The highest BCUT2D eigenvalue weighted by Gasteiger charge is 2.29. The van der Waals surface area contributed by atoms with Crippen molar-refractivity contribution in [2.75, 3.05) is 10.7 Å². The molecule has 4 rings (SSSR count). The molecule has 0 N–H and O–H groups in total. The summed E-state index contributed by atoms with van der Waals surface area (Å²) in [6, 6.07) is 16.7. The molecule has 1 aliphatic rings. The van der Waals surface area contributed by atoms with Gasteiger partial charge in [0, 0.05) is 10.8 Å². The summed E-state index contributed by atoms with van der Waals surface area (Å²) in [4.78, 5) is 20.9. The lowest BCUT2D eigenvalue weighted by Crippen LogP contribution is -2.35. The maximum absolute atomic E-state index is 13.3. The van der Waals surface area contributed by atoms with E-state index in [2.05, 4.69) is 15.2 Å². The minimum Gasteiger partial charge on any atom is -0.266 e. The van der Waals surface area contributed by atoms with E-state index in [0.29, 0.717) is 15.9 Å². The number of hydrogen-bond acceptors (Lipinski definition) is 5. The van der Waals surface area contributed by atoms with Gasteiger partial charge >= 0.3 is 0 Å². The number of amides is 1. The Labute approximate surface area is 165 Å². The van der Waals surface area contributed by atoms with E-state index in [-0.39, 0.29) is 17.6 Å². The van der Waals surface area contributed by atoms with Crippen LogP contribution in [-0.4, -0.2) is 37.9 Å². The molecule has 0 bridgehead atoms. The molecule has 0 saturated heterocycles. The highest BCUT2D eigenvalue weighted by Crippen LogP contribution is 2.28. The number of thioether (sulfide) groups is 1. The number of amidine groups is 1. The average molecular weight is 398 g/mol. The zero-order valence-corrected chi connectivity index (χ0v) is 16.1. The number of anilines is 1. The van der Waals surface area contributed by atoms with Crippen molar-refractivity contribution >= 4 is 40.1 Å². The molecular formula is C19H16ClN5OS. The molecule has 0 radical (unpaired) electrons. The third kappa shape index (κ3) is 3.74. The monoisotopic (exact) mass is 397 g/mol. The van der Waals surface area contributed by atoms with Gasteiger partial charge in [-0.05, 0) is 43.3 Å². The molecule has 1 aromatic heterocycles. The normalized spacial score (nSPS) is 16.2. The number of aromatic nitrogens is 3. The second-order valence-electron chi connectivity index (χ2n) is 6.04. The minimum atomic E-state index is -0.278. The smallest absolute Gasteiger partial charge is 0.266 e. The van der Waals surface area contributed by atoms with Crippen LogP contribution in [0, 0.1) is 0 Å². The molecule has 0 spiro atoms. The molecule has 0 fully saturated rings. The average Bonchev–Trinajstić information content (AvgIpc) is 3.34. The second-order valence-corrected chi connectivity index (χ2v) is 7.47. The molecule has 1 amide bonds. The Kier molecular flexibility index (Phi) is 4.96. The topological polar surface area (TPSA) is 63.4 Å². The number of rotatable bonds is 3. The van der Waals surface area contributed by atoms with Crippen molar-refractivity contribution in [1.29, 1.82) is 0 Å². The van der Waals surface area contributed by atoms with Crippen molar-refractivity contribution in [2.45, 2.75) is 13.0 Å². The summed E-state index contributed by atoms with van der Waals surface area (Å²) < 4.78 is 0. The van der Waals surface area contributed by atoms with Crippen LogP contribution >= 0.6 is 23.4 Å². The van der Waals surface area contributed by atoms with Gasteiger partial charge in [0.25, 0.3) is 5.91 Å². The maximum Gasteiger partial charge on any atom is 0.286 e. The number of nitrogens with zero attached hydrogens (tertiary/aromatic N) is 5. The van der Waals surface area contributed by atoms with Crippen LogP contribution in [0.3, 0.4) is 0 Å². The first kappa shape index (κ1) is 17.8. The minimum absolute atomic E-state index is 0.160. The number of halogens is 1. The first-order valence-corrected chi connectivity index (χ1v) is 9.76. The van der Waals surface area contributed by atoms with E-state index in [1.165, 1.54) is 11.0 Å². The summed E-state index contributed by atoms with van der Waals surface area (Å²) in [6.07, 6.45) is 1.47. The number of para-hydroxylation sites is 1. The Morgan fingerprint density at radius 2 is 1.93 bits per heavy atom. The molecule has 6 nitrogen and oxygen atoms in total. The first-order valence-electron chi connectivity index (χ1n) is 8.40. The Bertz CT molecular complexity index is 987. The Morgan fingerprint density at radius 1 is 1.19 bits per heavy atom. The number of hydrogen-bond donors (Lipinski definition) is 0. The lowest BCUT2D eigenvalue weighted by Gasteiger charge is -2.21. The predicted octanol–water partition coefficient (Wildman–Crippen LogP) is 4.06. The van der Waals surface area contributed by atoms with Gasteiger partial charge in [-0.15, -0.1) is 5.10 Å². The van der Waals surface area contributed by atoms with Gasteiger partial charge in [-0.1, -0.05) is 41.6 Å². The molecule has 1 aliphatic heterocycles. The van der Waals surface area contributed by atoms with Gasteiger partial charge in [-0.25, -0.2) is 0 Å². The lowest BCUT2D eigenvalue weighted by atomic mass is 10.2. The quantitative estimate of drug-likeness (QED) is 0.668. The van der Waals surface area contributed by atoms with Crippen molar-refractivity contribution in [3.63, 3.8) is 0 Å². The van der Waals surface area contributed by atoms with Gasteiger partial charge in [-0.3, -0.25) is 14.7 Å². The molecule has 2 heterocycles. The highest BCUT2D eigenvalue weighted by atomic mass is 35.5. The van der Waals surface area contributed by atoms with Crippen molar-refractivity contribution in [3.05, 3.63) is 71.5 Å². The fraction of sp³-hybridized carbons (Fsp3) is 0.158. The third-order valence-electron chi connectivity index (χ3n) is 3.96. The predicted molar refractivity (Wildman–Crippen MR) is 109 cm³/mol. The van der Waals surface area contributed by atoms with Crippen molar-refractivity contribution < 1.29 is 4.79 Å². The molecule has 0 unspecified atom stereocenters. The van der Waals surface area contributed by atoms with Gasteiger partial charge in [0.05, 0.1) is 23.6 Å². The number of aliphatic imine (C=N–C) groups is 1. The summed E-state index contributed by atoms with van der Waals surface area (Å²) in [5, 5.41) is 9.85. The summed E-state index contributed by atoms with van der Waals surface area (Å²) in [5.41, 5.74) is 1.73. The molecule has 3 aromatic rings. The van der Waals surface area contributed by atoms with Gasteiger partial charge in [0.2, 0.25) is 0 Å². The molecule has 0 aliphatic carbocycles. The van der Waals surface area contributed by atoms with Crippen LogP contribution in [0.25, 0.3) is 5.69 Å². The van der Waals surface area contributed by atoms with Gasteiger partial charge in [0.15, 0.2) is 10.9 Å². The van der Waals surface area contributed by atoms with E-state index in [4.69, 9.17) is 11.6 Å². The van der Waals surface area contributed by atoms with E-state index >= 15 is 0 Å². The Morgan fingerprint density at radius 3 is 2.59 bits per heavy atom. The van der Waals surface area contributed by atoms with Gasteiger partial charge in [0.1, 0.15) is 0 Å². The highest BCUT2D eigenvalue weighted by molar-refractivity contribution is 8.14. The Hall–Kier alpha value is -2.64. The summed E-state index contributed by atoms with van der Waals surface area (Å²) in [5.74, 6) is 0.559. The molecule has 136 valence electrons. The third-order valence-corrected chi connectivity index (χ3v) is 5.41. The molecule has 2 aromatic carbocycles. The van der Waals surface area contributed by atoms with Gasteiger partial charge in [-0.2, -0.15) is 9.90 Å². The number of carbonyl (C=O) groups excluding carboxylic acids is 1. The van der Waals surface area contributed by atoms with Crippen LogP contribution < -0.4 is 4.90 Å². The molecule has 27 heavy (non-hydrogen) atoms. The SMILES string of the molecule is C[C@@H]1CSC(N(C(=O)c2cnn(-c3ccccc3)n2)c2ccc(Cl)cc2)=N1. The fourth-order valence-electron chi connectivity index (χ4n) is 2.65. The molecule has 0 saturated carbocycles. The van der Waals surface area contributed by atoms with E-state index < -0.39 is 0 Å².